The first-order valence-electron chi connectivity index (χ1n) is 11.5. The molecule has 0 radical (unpaired) electrons. The van der Waals surface area contributed by atoms with E-state index in [1.54, 1.807) is 29.2 Å². The number of hydrogen-bond acceptors (Lipinski definition) is 4. The first-order valence-corrected chi connectivity index (χ1v) is 11.5. The van der Waals surface area contributed by atoms with Gasteiger partial charge in [-0.2, -0.15) is 0 Å². The number of amides is 4. The van der Waals surface area contributed by atoms with Gasteiger partial charge in [0.2, 0.25) is 11.8 Å². The first-order chi connectivity index (χ1) is 16.4. The zero-order chi connectivity index (χ0) is 24.2. The van der Waals surface area contributed by atoms with E-state index in [1.807, 2.05) is 48.9 Å². The third-order valence-corrected chi connectivity index (χ3v) is 6.14. The van der Waals surface area contributed by atoms with Crippen molar-refractivity contribution in [2.45, 2.75) is 33.2 Å². The maximum absolute atomic E-state index is 12.4. The van der Waals surface area contributed by atoms with Gasteiger partial charge in [-0.1, -0.05) is 12.1 Å². The maximum Gasteiger partial charge on any atom is 0.261 e. The van der Waals surface area contributed by atoms with Gasteiger partial charge in [0.25, 0.3) is 11.8 Å². The fourth-order valence-electron chi connectivity index (χ4n) is 4.30. The molecule has 8 nitrogen and oxygen atoms in total. The van der Waals surface area contributed by atoms with E-state index in [9.17, 15) is 19.2 Å². The van der Waals surface area contributed by atoms with Crippen molar-refractivity contribution < 1.29 is 19.2 Å². The lowest BCUT2D eigenvalue weighted by atomic mass is 10.1. The predicted molar refractivity (Wildman–Crippen MR) is 130 cm³/mol. The number of fused-ring (bicyclic) bond motifs is 2. The van der Waals surface area contributed by atoms with E-state index >= 15 is 0 Å². The van der Waals surface area contributed by atoms with E-state index in [4.69, 9.17) is 0 Å². The molecule has 1 aliphatic heterocycles. The van der Waals surface area contributed by atoms with Gasteiger partial charge in [0.05, 0.1) is 11.1 Å². The number of carbonyl (C=O) groups excluding carboxylic acids is 4. The molecule has 176 valence electrons. The molecular formula is C26H28N4O4. The number of aromatic nitrogens is 1. The van der Waals surface area contributed by atoms with Crippen LogP contribution in [0.1, 0.15) is 47.4 Å². The van der Waals surface area contributed by atoms with Gasteiger partial charge < -0.3 is 14.8 Å². The van der Waals surface area contributed by atoms with Crippen LogP contribution in [-0.2, 0) is 16.1 Å². The number of imide groups is 1. The third kappa shape index (κ3) is 4.57. The molecule has 4 amide bonds. The van der Waals surface area contributed by atoms with E-state index in [0.29, 0.717) is 36.3 Å². The summed E-state index contributed by atoms with van der Waals surface area (Å²) in [5.74, 6) is -0.740. The second-order valence-corrected chi connectivity index (χ2v) is 8.24. The lowest BCUT2D eigenvalue weighted by Gasteiger charge is -2.19. The van der Waals surface area contributed by atoms with Crippen LogP contribution in [0.4, 0.5) is 5.69 Å². The predicted octanol–water partition coefficient (Wildman–Crippen LogP) is 3.52. The second-order valence-electron chi connectivity index (χ2n) is 8.24. The molecule has 0 aliphatic carbocycles. The minimum Gasteiger partial charge on any atom is -0.342 e. The minimum absolute atomic E-state index is 0.0675. The van der Waals surface area contributed by atoms with Gasteiger partial charge in [0.15, 0.2) is 0 Å². The summed E-state index contributed by atoms with van der Waals surface area (Å²) in [7, 11) is 0. The SMILES string of the molecule is CCN(CC)C(=O)Cn1ccc2cc(NC(=O)CCCN3C(=O)c4ccccc4C3=O)ccc21. The Balaban J connectivity index is 1.32. The average Bonchev–Trinajstić information content (AvgIpc) is 3.33. The summed E-state index contributed by atoms with van der Waals surface area (Å²) in [5.41, 5.74) is 2.40. The number of nitrogens with one attached hydrogen (secondary N) is 1. The van der Waals surface area contributed by atoms with Gasteiger partial charge in [0.1, 0.15) is 6.54 Å². The number of carbonyl (C=O) groups is 4. The van der Waals surface area contributed by atoms with E-state index in [2.05, 4.69) is 5.32 Å². The molecule has 1 aromatic heterocycles. The molecule has 1 aliphatic rings. The standard InChI is InChI=1S/C26H28N4O4/c1-3-28(4-2)24(32)17-29-15-13-18-16-19(11-12-22(18)29)27-23(31)10-7-14-30-25(33)20-8-5-6-9-21(20)26(30)34/h5-6,8-9,11-13,15-16H,3-4,7,10,14,17H2,1-2H3,(H,27,31). The van der Waals surface area contributed by atoms with Crippen molar-refractivity contribution in [3.05, 3.63) is 65.9 Å². The minimum atomic E-state index is -0.310. The molecule has 0 unspecified atom stereocenters. The normalized spacial score (nSPS) is 12.8. The summed E-state index contributed by atoms with van der Waals surface area (Å²) in [6, 6.07) is 14.2. The monoisotopic (exact) mass is 460 g/mol. The quantitative estimate of drug-likeness (QED) is 0.495. The highest BCUT2D eigenvalue weighted by molar-refractivity contribution is 6.21. The van der Waals surface area contributed by atoms with Crippen LogP contribution in [0.2, 0.25) is 0 Å². The Morgan fingerprint density at radius 3 is 2.26 bits per heavy atom. The smallest absolute Gasteiger partial charge is 0.261 e. The van der Waals surface area contributed by atoms with Crippen molar-refractivity contribution in [2.24, 2.45) is 0 Å². The number of hydrogen-bond donors (Lipinski definition) is 1. The molecule has 0 atom stereocenters. The second kappa shape index (κ2) is 9.91. The van der Waals surface area contributed by atoms with Crippen LogP contribution in [0.15, 0.2) is 54.7 Å². The van der Waals surface area contributed by atoms with E-state index in [-0.39, 0.29) is 43.1 Å². The van der Waals surface area contributed by atoms with Crippen LogP contribution in [0.3, 0.4) is 0 Å². The molecule has 0 fully saturated rings. The Labute approximate surface area is 198 Å². The fourth-order valence-corrected chi connectivity index (χ4v) is 4.30. The molecule has 2 aromatic carbocycles. The molecule has 0 saturated carbocycles. The van der Waals surface area contributed by atoms with Gasteiger partial charge in [-0.15, -0.1) is 0 Å². The molecule has 4 rings (SSSR count). The van der Waals surface area contributed by atoms with Crippen molar-refractivity contribution in [1.29, 1.82) is 0 Å². The highest BCUT2D eigenvalue weighted by Gasteiger charge is 2.34. The van der Waals surface area contributed by atoms with Crippen molar-refractivity contribution in [3.63, 3.8) is 0 Å². The summed E-state index contributed by atoms with van der Waals surface area (Å²) < 4.78 is 1.91. The molecule has 34 heavy (non-hydrogen) atoms. The lowest BCUT2D eigenvalue weighted by Crippen LogP contribution is -2.33. The van der Waals surface area contributed by atoms with Gasteiger partial charge in [-0.05, 0) is 56.7 Å². The zero-order valence-electron chi connectivity index (χ0n) is 19.4. The van der Waals surface area contributed by atoms with Crippen molar-refractivity contribution in [2.75, 3.05) is 25.0 Å². The van der Waals surface area contributed by atoms with Crippen LogP contribution in [-0.4, -0.2) is 57.6 Å². The van der Waals surface area contributed by atoms with E-state index < -0.39 is 0 Å². The van der Waals surface area contributed by atoms with Gasteiger partial charge in [-0.3, -0.25) is 24.1 Å². The van der Waals surface area contributed by atoms with Crippen LogP contribution in [0.5, 0.6) is 0 Å². The summed E-state index contributed by atoms with van der Waals surface area (Å²) in [5, 5.41) is 3.80. The maximum atomic E-state index is 12.4. The molecule has 0 saturated heterocycles. The average molecular weight is 461 g/mol. The molecular weight excluding hydrogens is 432 g/mol. The Kier molecular flexibility index (Phi) is 6.77. The number of nitrogens with zero attached hydrogens (tertiary/aromatic N) is 3. The number of likely N-dealkylation sites (N-methyl/N-ethyl adjacent to an activating group) is 1. The van der Waals surface area contributed by atoms with E-state index in [0.717, 1.165) is 10.9 Å². The fraction of sp³-hybridized carbons (Fsp3) is 0.308. The van der Waals surface area contributed by atoms with Crippen molar-refractivity contribution in [1.82, 2.24) is 14.4 Å². The molecule has 3 aromatic rings. The Morgan fingerprint density at radius 1 is 0.941 bits per heavy atom. The first kappa shape index (κ1) is 23.2. The zero-order valence-corrected chi connectivity index (χ0v) is 19.4. The summed E-state index contributed by atoms with van der Waals surface area (Å²) in [6.07, 6.45) is 2.44. The Hall–Kier alpha value is -3.94. The van der Waals surface area contributed by atoms with Gasteiger partial charge in [-0.25, -0.2) is 0 Å². The van der Waals surface area contributed by atoms with Crippen molar-refractivity contribution in [3.8, 4) is 0 Å². The van der Waals surface area contributed by atoms with Gasteiger partial charge in [0, 0.05) is 48.8 Å². The highest BCUT2D eigenvalue weighted by Crippen LogP contribution is 2.23. The summed E-state index contributed by atoms with van der Waals surface area (Å²) in [6.45, 7) is 5.75. The number of anilines is 1. The Bertz CT molecular complexity index is 1220. The van der Waals surface area contributed by atoms with Crippen LogP contribution >= 0.6 is 0 Å². The Morgan fingerprint density at radius 2 is 1.62 bits per heavy atom. The lowest BCUT2D eigenvalue weighted by molar-refractivity contribution is -0.131. The topological polar surface area (TPSA) is 91.7 Å². The number of rotatable bonds is 9. The van der Waals surface area contributed by atoms with Crippen LogP contribution in [0, 0.1) is 0 Å². The highest BCUT2D eigenvalue weighted by atomic mass is 16.2. The molecule has 8 heteroatoms. The summed E-state index contributed by atoms with van der Waals surface area (Å²) >= 11 is 0. The molecule has 2 heterocycles. The summed E-state index contributed by atoms with van der Waals surface area (Å²) in [4.78, 5) is 52.7. The number of benzene rings is 2. The molecule has 0 spiro atoms. The van der Waals surface area contributed by atoms with Gasteiger partial charge >= 0.3 is 0 Å². The third-order valence-electron chi connectivity index (χ3n) is 6.14. The molecule has 1 N–H and O–H groups in total. The van der Waals surface area contributed by atoms with Crippen LogP contribution < -0.4 is 5.32 Å². The molecule has 0 bridgehead atoms. The van der Waals surface area contributed by atoms with Crippen molar-refractivity contribution >= 4 is 40.2 Å². The van der Waals surface area contributed by atoms with Crippen LogP contribution in [0.25, 0.3) is 10.9 Å². The largest absolute Gasteiger partial charge is 0.342 e. The van der Waals surface area contributed by atoms with E-state index in [1.165, 1.54) is 4.90 Å².